The fourth-order valence-corrected chi connectivity index (χ4v) is 3.16. The molecule has 7 nitrogen and oxygen atoms in total. The predicted molar refractivity (Wildman–Crippen MR) is 98.0 cm³/mol. The maximum absolute atomic E-state index is 5.72. The van der Waals surface area contributed by atoms with Gasteiger partial charge < -0.3 is 20.9 Å². The third-order valence-electron chi connectivity index (χ3n) is 4.62. The van der Waals surface area contributed by atoms with Gasteiger partial charge in [0.25, 0.3) is 0 Å². The first-order chi connectivity index (χ1) is 11.7. The molecule has 1 unspecified atom stereocenters. The van der Waals surface area contributed by atoms with E-state index in [-0.39, 0.29) is 0 Å². The van der Waals surface area contributed by atoms with Crippen molar-refractivity contribution in [3.63, 3.8) is 0 Å². The van der Waals surface area contributed by atoms with Crippen molar-refractivity contribution < 1.29 is 0 Å². The maximum Gasteiger partial charge on any atom is 0.166 e. The average molecular weight is 329 g/mol. The van der Waals surface area contributed by atoms with Gasteiger partial charge in [0.05, 0.1) is 5.39 Å². The van der Waals surface area contributed by atoms with Crippen molar-refractivity contribution in [3.8, 4) is 0 Å². The number of anilines is 2. The van der Waals surface area contributed by atoms with Crippen molar-refractivity contribution in [1.82, 2.24) is 24.8 Å². The summed E-state index contributed by atoms with van der Waals surface area (Å²) in [4.78, 5) is 17.8. The van der Waals surface area contributed by atoms with E-state index in [2.05, 4.69) is 43.9 Å². The van der Waals surface area contributed by atoms with E-state index < -0.39 is 0 Å². The monoisotopic (exact) mass is 329 g/mol. The number of likely N-dealkylation sites (N-methyl/N-ethyl adjacent to an activating group) is 1. The molecule has 24 heavy (non-hydrogen) atoms. The van der Waals surface area contributed by atoms with E-state index in [1.807, 2.05) is 6.07 Å². The molecule has 3 N–H and O–H groups in total. The van der Waals surface area contributed by atoms with Crippen LogP contribution in [0.4, 0.5) is 11.6 Å². The zero-order valence-corrected chi connectivity index (χ0v) is 14.6. The van der Waals surface area contributed by atoms with Crippen LogP contribution in [0.15, 0.2) is 18.5 Å². The van der Waals surface area contributed by atoms with E-state index in [0.29, 0.717) is 17.4 Å². The van der Waals surface area contributed by atoms with Crippen LogP contribution in [0.2, 0.25) is 0 Å². The molecule has 0 amide bonds. The Hall–Kier alpha value is -1.99. The van der Waals surface area contributed by atoms with Crippen molar-refractivity contribution in [2.75, 3.05) is 56.9 Å². The maximum atomic E-state index is 5.72. The van der Waals surface area contributed by atoms with E-state index in [0.717, 1.165) is 43.9 Å². The number of pyridine rings is 1. The van der Waals surface area contributed by atoms with Crippen LogP contribution in [-0.2, 0) is 0 Å². The molecular weight excluding hydrogens is 302 g/mol. The van der Waals surface area contributed by atoms with Gasteiger partial charge in [0, 0.05) is 39.3 Å². The van der Waals surface area contributed by atoms with Gasteiger partial charge in [-0.05, 0) is 24.6 Å². The lowest BCUT2D eigenvalue weighted by Gasteiger charge is -2.35. The fraction of sp³-hybridized carbons (Fsp3) is 0.588. The Labute approximate surface area is 143 Å². The number of nitrogens with zero attached hydrogens (tertiary/aromatic N) is 5. The number of rotatable bonds is 6. The Balaban J connectivity index is 1.54. The second kappa shape index (κ2) is 7.72. The molecule has 0 radical (unpaired) electrons. The molecule has 0 saturated carbocycles. The summed E-state index contributed by atoms with van der Waals surface area (Å²) in [5.41, 5.74) is 6.35. The normalized spacial score (nSPS) is 17.9. The summed E-state index contributed by atoms with van der Waals surface area (Å²) in [6, 6.07) is 3.71. The van der Waals surface area contributed by atoms with Crippen LogP contribution in [0.3, 0.4) is 0 Å². The Morgan fingerprint density at radius 3 is 2.67 bits per heavy atom. The van der Waals surface area contributed by atoms with Gasteiger partial charge in [-0.3, -0.25) is 0 Å². The van der Waals surface area contributed by atoms with Crippen LogP contribution in [0.5, 0.6) is 0 Å². The number of nitrogens with two attached hydrogens (primary N) is 1. The van der Waals surface area contributed by atoms with Crippen LogP contribution >= 0.6 is 0 Å². The molecule has 3 rings (SSSR count). The summed E-state index contributed by atoms with van der Waals surface area (Å²) >= 11 is 0. The highest BCUT2D eigenvalue weighted by atomic mass is 15.3. The van der Waals surface area contributed by atoms with E-state index in [4.69, 9.17) is 5.73 Å². The molecule has 1 aliphatic heterocycles. The third kappa shape index (κ3) is 4.10. The predicted octanol–water partition coefficient (Wildman–Crippen LogP) is 1.29. The first-order valence-electron chi connectivity index (χ1n) is 8.71. The Morgan fingerprint density at radius 1 is 1.17 bits per heavy atom. The number of nitrogens with one attached hydrogen (secondary N) is 1. The fourth-order valence-electron chi connectivity index (χ4n) is 3.16. The van der Waals surface area contributed by atoms with Gasteiger partial charge in [0.15, 0.2) is 5.65 Å². The third-order valence-corrected chi connectivity index (χ3v) is 4.62. The van der Waals surface area contributed by atoms with Crippen molar-refractivity contribution in [2.45, 2.75) is 13.8 Å². The summed E-state index contributed by atoms with van der Waals surface area (Å²) in [7, 11) is 0. The van der Waals surface area contributed by atoms with Crippen molar-refractivity contribution in [3.05, 3.63) is 18.5 Å². The molecule has 1 atom stereocenters. The first kappa shape index (κ1) is 16.9. The minimum absolute atomic E-state index is 0.478. The van der Waals surface area contributed by atoms with Crippen molar-refractivity contribution >= 4 is 22.7 Å². The Morgan fingerprint density at radius 2 is 1.92 bits per heavy atom. The minimum atomic E-state index is 0.478. The largest absolute Gasteiger partial charge is 0.384 e. The van der Waals surface area contributed by atoms with Gasteiger partial charge in [-0.1, -0.05) is 13.8 Å². The number of hydrogen-bond donors (Lipinski definition) is 2. The molecule has 1 saturated heterocycles. The van der Waals surface area contributed by atoms with Crippen LogP contribution < -0.4 is 11.1 Å². The summed E-state index contributed by atoms with van der Waals surface area (Å²) in [5, 5.41) is 4.36. The van der Waals surface area contributed by atoms with Crippen molar-refractivity contribution in [1.29, 1.82) is 0 Å². The molecular formula is C17H27N7. The van der Waals surface area contributed by atoms with Crippen LogP contribution in [0, 0.1) is 5.92 Å². The lowest BCUT2D eigenvalue weighted by molar-refractivity contribution is 0.126. The summed E-state index contributed by atoms with van der Waals surface area (Å²) in [5.74, 6) is 1.85. The van der Waals surface area contributed by atoms with E-state index in [1.54, 1.807) is 6.07 Å². The van der Waals surface area contributed by atoms with E-state index in [9.17, 15) is 0 Å². The van der Waals surface area contributed by atoms with Gasteiger partial charge in [0.2, 0.25) is 0 Å². The van der Waals surface area contributed by atoms with Crippen LogP contribution in [0.25, 0.3) is 11.0 Å². The van der Waals surface area contributed by atoms with Crippen LogP contribution in [-0.4, -0.2) is 70.6 Å². The Bertz CT molecular complexity index is 667. The summed E-state index contributed by atoms with van der Waals surface area (Å²) < 4.78 is 0. The van der Waals surface area contributed by atoms with Gasteiger partial charge in [-0.2, -0.15) is 0 Å². The molecule has 1 aliphatic rings. The second-order valence-electron chi connectivity index (χ2n) is 6.55. The molecule has 3 heterocycles. The lowest BCUT2D eigenvalue weighted by Crippen LogP contribution is -2.47. The molecule has 130 valence electrons. The average Bonchev–Trinajstić information content (AvgIpc) is 2.60. The first-order valence-corrected chi connectivity index (χ1v) is 8.71. The molecule has 0 aromatic carbocycles. The molecule has 0 aliphatic carbocycles. The van der Waals surface area contributed by atoms with Gasteiger partial charge in [0.1, 0.15) is 18.0 Å². The second-order valence-corrected chi connectivity index (χ2v) is 6.55. The smallest absolute Gasteiger partial charge is 0.166 e. The quantitative estimate of drug-likeness (QED) is 0.826. The highest BCUT2D eigenvalue weighted by Gasteiger charge is 2.17. The number of hydrogen-bond acceptors (Lipinski definition) is 7. The lowest BCUT2D eigenvalue weighted by atomic mass is 10.1. The summed E-state index contributed by atoms with van der Waals surface area (Å²) in [6.45, 7) is 12.3. The Kier molecular flexibility index (Phi) is 5.42. The van der Waals surface area contributed by atoms with Gasteiger partial charge >= 0.3 is 0 Å². The van der Waals surface area contributed by atoms with Gasteiger partial charge in [-0.25, -0.2) is 15.0 Å². The van der Waals surface area contributed by atoms with Crippen molar-refractivity contribution in [2.24, 2.45) is 5.92 Å². The SMILES string of the molecule is CCN1CCN(CC(C)CNc2ncnc3nc(N)ccc23)CC1. The molecule has 7 heteroatoms. The summed E-state index contributed by atoms with van der Waals surface area (Å²) in [6.07, 6.45) is 1.53. The highest BCUT2D eigenvalue weighted by molar-refractivity contribution is 5.86. The zero-order valence-electron chi connectivity index (χ0n) is 14.6. The number of aromatic nitrogens is 3. The zero-order chi connectivity index (χ0) is 16.9. The topological polar surface area (TPSA) is 83.2 Å². The molecule has 2 aromatic rings. The highest BCUT2D eigenvalue weighted by Crippen LogP contribution is 2.19. The minimum Gasteiger partial charge on any atom is -0.384 e. The standard InChI is InChI=1S/C17H27N7/c1-3-23-6-8-24(9-7-23)11-13(2)10-19-16-14-4-5-15(18)22-17(14)21-12-20-16/h4-5,12-13H,3,6-11H2,1-2H3,(H3,18,19,20,21,22). The number of nitrogen functional groups attached to an aromatic ring is 1. The van der Waals surface area contributed by atoms with Crippen LogP contribution in [0.1, 0.15) is 13.8 Å². The van der Waals surface area contributed by atoms with E-state index >= 15 is 0 Å². The molecule has 0 spiro atoms. The number of piperazine rings is 1. The molecule has 0 bridgehead atoms. The molecule has 2 aromatic heterocycles. The number of fused-ring (bicyclic) bond motifs is 1. The van der Waals surface area contributed by atoms with Gasteiger partial charge in [-0.15, -0.1) is 0 Å². The van der Waals surface area contributed by atoms with E-state index in [1.165, 1.54) is 19.4 Å². The molecule has 1 fully saturated rings.